The molecule has 16 heavy (non-hydrogen) atoms. The van der Waals surface area contributed by atoms with Crippen LogP contribution in [0.3, 0.4) is 0 Å². The number of hydrazine groups is 1. The van der Waals surface area contributed by atoms with E-state index >= 15 is 0 Å². The highest BCUT2D eigenvalue weighted by Gasteiger charge is 2.30. The molecule has 0 unspecified atom stereocenters. The molecule has 86 valence electrons. The van der Waals surface area contributed by atoms with E-state index < -0.39 is 0 Å². The fourth-order valence-corrected chi connectivity index (χ4v) is 1.78. The van der Waals surface area contributed by atoms with Crippen molar-refractivity contribution in [1.29, 1.82) is 0 Å². The van der Waals surface area contributed by atoms with Crippen molar-refractivity contribution in [3.63, 3.8) is 0 Å². The molecule has 1 fully saturated rings. The normalized spacial score (nSPS) is 14.7. The third-order valence-corrected chi connectivity index (χ3v) is 2.98. The van der Waals surface area contributed by atoms with Crippen LogP contribution in [0.4, 0.5) is 5.69 Å². The molecule has 0 bridgehead atoms. The highest BCUT2D eigenvalue weighted by Crippen LogP contribution is 2.28. The summed E-state index contributed by atoms with van der Waals surface area (Å²) in [7, 11) is 1.85. The van der Waals surface area contributed by atoms with Gasteiger partial charge in [-0.1, -0.05) is 11.6 Å². The van der Waals surface area contributed by atoms with Gasteiger partial charge in [0.25, 0.3) is 5.91 Å². The molecule has 1 saturated carbocycles. The van der Waals surface area contributed by atoms with Gasteiger partial charge in [-0.25, -0.2) is 0 Å². The average molecular weight is 219 g/mol. The van der Waals surface area contributed by atoms with E-state index in [4.69, 9.17) is 5.84 Å². The van der Waals surface area contributed by atoms with E-state index in [0.29, 0.717) is 17.3 Å². The maximum Gasteiger partial charge on any atom is 0.256 e. The van der Waals surface area contributed by atoms with E-state index in [-0.39, 0.29) is 5.91 Å². The highest BCUT2D eigenvalue weighted by atomic mass is 16.2. The van der Waals surface area contributed by atoms with Crippen LogP contribution in [0.5, 0.6) is 0 Å². The van der Waals surface area contributed by atoms with E-state index in [0.717, 1.165) is 18.4 Å². The molecule has 0 spiro atoms. The Morgan fingerprint density at radius 2 is 2.19 bits per heavy atom. The molecule has 4 nitrogen and oxygen atoms in total. The van der Waals surface area contributed by atoms with Crippen LogP contribution in [-0.2, 0) is 0 Å². The van der Waals surface area contributed by atoms with Gasteiger partial charge in [0.05, 0.1) is 11.3 Å². The molecular formula is C12H17N3O. The second kappa shape index (κ2) is 4.14. The quantitative estimate of drug-likeness (QED) is 0.598. The predicted molar refractivity (Wildman–Crippen MR) is 64.1 cm³/mol. The summed E-state index contributed by atoms with van der Waals surface area (Å²) in [5, 5.41) is 0. The lowest BCUT2D eigenvalue weighted by Gasteiger charge is -2.18. The molecule has 0 aromatic heterocycles. The minimum Gasteiger partial charge on any atom is -0.339 e. The first kappa shape index (κ1) is 11.0. The first-order chi connectivity index (χ1) is 7.63. The monoisotopic (exact) mass is 219 g/mol. The molecule has 0 saturated heterocycles. The fraction of sp³-hybridized carbons (Fsp3) is 0.417. The molecule has 4 heteroatoms. The molecule has 1 aromatic carbocycles. The first-order valence-electron chi connectivity index (χ1n) is 5.48. The third-order valence-electron chi connectivity index (χ3n) is 2.98. The number of nitrogen functional groups attached to an aromatic ring is 1. The zero-order chi connectivity index (χ0) is 11.7. The van der Waals surface area contributed by atoms with Crippen molar-refractivity contribution >= 4 is 11.6 Å². The maximum absolute atomic E-state index is 12.2. The number of anilines is 1. The molecule has 1 amide bonds. The molecule has 0 heterocycles. The number of carbonyl (C=O) groups excluding carboxylic acids is 1. The van der Waals surface area contributed by atoms with E-state index in [1.807, 2.05) is 32.2 Å². The van der Waals surface area contributed by atoms with Gasteiger partial charge in [-0.15, -0.1) is 0 Å². The van der Waals surface area contributed by atoms with Gasteiger partial charge < -0.3 is 10.3 Å². The molecular weight excluding hydrogens is 202 g/mol. The van der Waals surface area contributed by atoms with Crippen LogP contribution in [0, 0.1) is 6.92 Å². The molecule has 0 aliphatic heterocycles. The number of benzene rings is 1. The molecule has 1 aliphatic carbocycles. The van der Waals surface area contributed by atoms with E-state index in [2.05, 4.69) is 5.43 Å². The van der Waals surface area contributed by atoms with Crippen molar-refractivity contribution in [2.24, 2.45) is 5.84 Å². The van der Waals surface area contributed by atoms with Crippen LogP contribution in [0.15, 0.2) is 18.2 Å². The molecule has 2 rings (SSSR count). The maximum atomic E-state index is 12.2. The second-order valence-corrected chi connectivity index (χ2v) is 4.34. The SMILES string of the molecule is Cc1ccc(NN)c(C(=O)N(C)C2CC2)c1. The summed E-state index contributed by atoms with van der Waals surface area (Å²) in [4.78, 5) is 14.0. The number of nitrogens with one attached hydrogen (secondary N) is 1. The number of hydrogen-bond acceptors (Lipinski definition) is 3. The number of rotatable bonds is 3. The molecule has 3 N–H and O–H groups in total. The van der Waals surface area contributed by atoms with Gasteiger partial charge in [0.1, 0.15) is 0 Å². The number of carbonyl (C=O) groups is 1. The van der Waals surface area contributed by atoms with Crippen LogP contribution < -0.4 is 11.3 Å². The van der Waals surface area contributed by atoms with Crippen molar-refractivity contribution < 1.29 is 4.79 Å². The molecule has 1 aromatic rings. The van der Waals surface area contributed by atoms with Gasteiger partial charge in [-0.05, 0) is 31.9 Å². The average Bonchev–Trinajstić information content (AvgIpc) is 3.11. The number of aryl methyl sites for hydroxylation is 1. The van der Waals surface area contributed by atoms with Gasteiger partial charge in [0.15, 0.2) is 0 Å². The predicted octanol–water partition coefficient (Wildman–Crippen LogP) is 1.52. The Balaban J connectivity index is 2.30. The number of amides is 1. The summed E-state index contributed by atoms with van der Waals surface area (Å²) < 4.78 is 0. The Hall–Kier alpha value is -1.55. The zero-order valence-corrected chi connectivity index (χ0v) is 9.66. The van der Waals surface area contributed by atoms with Crippen LogP contribution >= 0.6 is 0 Å². The molecule has 0 atom stereocenters. The summed E-state index contributed by atoms with van der Waals surface area (Å²) in [6.45, 7) is 1.97. The number of nitrogens with zero attached hydrogens (tertiary/aromatic N) is 1. The topological polar surface area (TPSA) is 58.4 Å². The van der Waals surface area contributed by atoms with Crippen molar-refractivity contribution in [3.8, 4) is 0 Å². The molecule has 1 aliphatic rings. The van der Waals surface area contributed by atoms with Crippen LogP contribution in [0.25, 0.3) is 0 Å². The fourth-order valence-electron chi connectivity index (χ4n) is 1.78. The Bertz CT molecular complexity index is 413. The van der Waals surface area contributed by atoms with Gasteiger partial charge in [0.2, 0.25) is 0 Å². The van der Waals surface area contributed by atoms with Crippen LogP contribution in [-0.4, -0.2) is 23.9 Å². The third kappa shape index (κ3) is 2.02. The lowest BCUT2D eigenvalue weighted by Crippen LogP contribution is -2.29. The van der Waals surface area contributed by atoms with Crippen molar-refractivity contribution in [2.45, 2.75) is 25.8 Å². The van der Waals surface area contributed by atoms with Gasteiger partial charge in [-0.3, -0.25) is 10.6 Å². The van der Waals surface area contributed by atoms with Crippen LogP contribution in [0.2, 0.25) is 0 Å². The molecule has 0 radical (unpaired) electrons. The Morgan fingerprint density at radius 3 is 2.75 bits per heavy atom. The Morgan fingerprint density at radius 1 is 1.50 bits per heavy atom. The largest absolute Gasteiger partial charge is 0.339 e. The Labute approximate surface area is 95.4 Å². The summed E-state index contributed by atoms with van der Waals surface area (Å²) in [6, 6.07) is 6.06. The highest BCUT2D eigenvalue weighted by molar-refractivity contribution is 5.99. The van der Waals surface area contributed by atoms with Crippen molar-refractivity contribution in [3.05, 3.63) is 29.3 Å². The van der Waals surface area contributed by atoms with Gasteiger partial charge in [-0.2, -0.15) is 0 Å². The van der Waals surface area contributed by atoms with Crippen molar-refractivity contribution in [1.82, 2.24) is 4.90 Å². The van der Waals surface area contributed by atoms with E-state index in [9.17, 15) is 4.79 Å². The van der Waals surface area contributed by atoms with E-state index in [1.54, 1.807) is 4.90 Å². The Kier molecular flexibility index (Phi) is 2.83. The zero-order valence-electron chi connectivity index (χ0n) is 9.66. The minimum absolute atomic E-state index is 0.0409. The summed E-state index contributed by atoms with van der Waals surface area (Å²) in [5.41, 5.74) is 4.97. The number of hydrogen-bond donors (Lipinski definition) is 2. The van der Waals surface area contributed by atoms with Gasteiger partial charge in [0, 0.05) is 13.1 Å². The summed E-state index contributed by atoms with van der Waals surface area (Å²) in [5.74, 6) is 5.45. The van der Waals surface area contributed by atoms with Gasteiger partial charge >= 0.3 is 0 Å². The smallest absolute Gasteiger partial charge is 0.256 e. The van der Waals surface area contributed by atoms with E-state index in [1.165, 1.54) is 0 Å². The minimum atomic E-state index is 0.0409. The van der Waals surface area contributed by atoms with Crippen molar-refractivity contribution in [2.75, 3.05) is 12.5 Å². The standard InChI is InChI=1S/C12H17N3O/c1-8-3-6-11(14-13)10(7-8)12(16)15(2)9-4-5-9/h3,6-7,9,14H,4-5,13H2,1-2H3. The first-order valence-corrected chi connectivity index (χ1v) is 5.48. The second-order valence-electron chi connectivity index (χ2n) is 4.34. The number of nitrogens with two attached hydrogens (primary N) is 1. The summed E-state index contributed by atoms with van der Waals surface area (Å²) in [6.07, 6.45) is 2.22. The lowest BCUT2D eigenvalue weighted by atomic mass is 10.1. The summed E-state index contributed by atoms with van der Waals surface area (Å²) >= 11 is 0. The van der Waals surface area contributed by atoms with Crippen LogP contribution in [0.1, 0.15) is 28.8 Å². The lowest BCUT2D eigenvalue weighted by molar-refractivity contribution is 0.0786.